The Hall–Kier alpha value is -1.95. The number of hydrogen-bond donors (Lipinski definition) is 1. The first kappa shape index (κ1) is 15.0. The van der Waals surface area contributed by atoms with E-state index in [1.165, 1.54) is 6.07 Å². The van der Waals surface area contributed by atoms with E-state index in [2.05, 4.69) is 10.3 Å². The lowest BCUT2D eigenvalue weighted by molar-refractivity contribution is 0.205. The van der Waals surface area contributed by atoms with Gasteiger partial charge in [0.25, 0.3) is 0 Å². The molecule has 2 aromatic rings. The summed E-state index contributed by atoms with van der Waals surface area (Å²) >= 11 is 1.58. The zero-order valence-electron chi connectivity index (χ0n) is 12.5. The van der Waals surface area contributed by atoms with Crippen LogP contribution in [0.15, 0.2) is 29.6 Å². The molecule has 1 fully saturated rings. The van der Waals surface area contributed by atoms with Gasteiger partial charge in [-0.3, -0.25) is 0 Å². The first-order chi connectivity index (χ1) is 10.5. The maximum Gasteiger partial charge on any atom is 0.317 e. The quantitative estimate of drug-likeness (QED) is 0.940. The van der Waals surface area contributed by atoms with Crippen molar-refractivity contribution in [2.75, 3.05) is 7.05 Å². The minimum atomic E-state index is -0.231. The van der Waals surface area contributed by atoms with E-state index in [1.807, 2.05) is 18.4 Å². The highest BCUT2D eigenvalue weighted by Gasteiger charge is 2.40. The molecule has 0 saturated heterocycles. The zero-order valence-corrected chi connectivity index (χ0v) is 13.4. The first-order valence-corrected chi connectivity index (χ1v) is 8.09. The molecule has 1 N–H and O–H groups in total. The monoisotopic (exact) mass is 319 g/mol. The van der Waals surface area contributed by atoms with Crippen molar-refractivity contribution in [2.24, 2.45) is 0 Å². The van der Waals surface area contributed by atoms with Gasteiger partial charge in [-0.2, -0.15) is 0 Å². The molecule has 1 saturated carbocycles. The largest absolute Gasteiger partial charge is 0.335 e. The van der Waals surface area contributed by atoms with Crippen LogP contribution in [-0.4, -0.2) is 29.0 Å². The average molecular weight is 319 g/mol. The lowest BCUT2D eigenvalue weighted by Gasteiger charge is -2.17. The van der Waals surface area contributed by atoms with Gasteiger partial charge >= 0.3 is 6.03 Å². The minimum absolute atomic E-state index is 0.0916. The number of hydrogen-bond acceptors (Lipinski definition) is 3. The van der Waals surface area contributed by atoms with Gasteiger partial charge in [0, 0.05) is 24.4 Å². The van der Waals surface area contributed by atoms with Crippen molar-refractivity contribution in [2.45, 2.75) is 31.8 Å². The number of urea groups is 1. The summed E-state index contributed by atoms with van der Waals surface area (Å²) in [5.41, 5.74) is 1.85. The number of carbonyl (C=O) groups is 1. The Bertz CT molecular complexity index is 688. The third kappa shape index (κ3) is 3.44. The molecule has 1 aliphatic rings. The molecule has 2 atom stereocenters. The zero-order chi connectivity index (χ0) is 15.7. The Labute approximate surface area is 133 Å². The van der Waals surface area contributed by atoms with Crippen molar-refractivity contribution >= 4 is 17.4 Å². The van der Waals surface area contributed by atoms with Gasteiger partial charge in [-0.15, -0.1) is 11.3 Å². The van der Waals surface area contributed by atoms with Gasteiger partial charge in [0.2, 0.25) is 0 Å². The second kappa shape index (κ2) is 6.04. The summed E-state index contributed by atoms with van der Waals surface area (Å²) in [4.78, 5) is 18.1. The molecule has 0 spiro atoms. The highest BCUT2D eigenvalue weighted by molar-refractivity contribution is 7.09. The molecule has 0 unspecified atom stereocenters. The topological polar surface area (TPSA) is 45.2 Å². The molecule has 116 valence electrons. The van der Waals surface area contributed by atoms with E-state index in [0.29, 0.717) is 6.54 Å². The van der Waals surface area contributed by atoms with Crippen molar-refractivity contribution in [1.82, 2.24) is 15.2 Å². The van der Waals surface area contributed by atoms with E-state index in [-0.39, 0.29) is 23.8 Å². The molecule has 22 heavy (non-hydrogen) atoms. The molecule has 0 radical (unpaired) electrons. The number of nitrogens with zero attached hydrogens (tertiary/aromatic N) is 2. The molecular weight excluding hydrogens is 301 g/mol. The highest BCUT2D eigenvalue weighted by atomic mass is 32.1. The lowest BCUT2D eigenvalue weighted by atomic mass is 10.1. The van der Waals surface area contributed by atoms with E-state index in [1.54, 1.807) is 35.4 Å². The van der Waals surface area contributed by atoms with E-state index in [9.17, 15) is 9.18 Å². The number of carbonyl (C=O) groups excluding carboxylic acids is 1. The summed E-state index contributed by atoms with van der Waals surface area (Å²) in [6.07, 6.45) is 0.860. The predicted molar refractivity (Wildman–Crippen MR) is 84.4 cm³/mol. The van der Waals surface area contributed by atoms with Crippen LogP contribution < -0.4 is 5.32 Å². The van der Waals surface area contributed by atoms with Gasteiger partial charge in [0.05, 0.1) is 17.2 Å². The normalized spacial score (nSPS) is 19.8. The number of rotatable bonds is 4. The van der Waals surface area contributed by atoms with Crippen molar-refractivity contribution in [3.63, 3.8) is 0 Å². The molecule has 3 rings (SSSR count). The standard InChI is InChI=1S/C16H18FN3OS/c1-10-18-13(9-22-10)8-20(2)16(21)19-15-7-14(15)11-4-3-5-12(17)6-11/h3-6,9,14-15H,7-8H2,1-2H3,(H,19,21)/t14-,15-/m1/s1. The fourth-order valence-corrected chi connectivity index (χ4v) is 3.13. The third-order valence-electron chi connectivity index (χ3n) is 3.79. The summed E-state index contributed by atoms with van der Waals surface area (Å²) < 4.78 is 13.2. The molecule has 2 amide bonds. The van der Waals surface area contributed by atoms with Crippen LogP contribution in [0.2, 0.25) is 0 Å². The van der Waals surface area contributed by atoms with Crippen LogP contribution in [0.4, 0.5) is 9.18 Å². The van der Waals surface area contributed by atoms with Crippen molar-refractivity contribution in [3.8, 4) is 0 Å². The van der Waals surface area contributed by atoms with Crippen molar-refractivity contribution in [3.05, 3.63) is 51.7 Å². The van der Waals surface area contributed by atoms with Crippen LogP contribution in [0.25, 0.3) is 0 Å². The molecule has 1 heterocycles. The van der Waals surface area contributed by atoms with Gasteiger partial charge < -0.3 is 10.2 Å². The van der Waals surface area contributed by atoms with Gasteiger partial charge in [0.1, 0.15) is 5.82 Å². The Morgan fingerprint density at radius 1 is 1.55 bits per heavy atom. The molecule has 1 aliphatic carbocycles. The van der Waals surface area contributed by atoms with Gasteiger partial charge in [-0.25, -0.2) is 14.2 Å². The molecular formula is C16H18FN3OS. The second-order valence-corrected chi connectivity index (χ2v) is 6.73. The number of benzene rings is 1. The Balaban J connectivity index is 1.52. The van der Waals surface area contributed by atoms with Gasteiger partial charge in [-0.1, -0.05) is 12.1 Å². The second-order valence-electron chi connectivity index (χ2n) is 5.67. The average Bonchev–Trinajstić information content (AvgIpc) is 3.12. The number of aryl methyl sites for hydroxylation is 1. The number of amides is 2. The summed E-state index contributed by atoms with van der Waals surface area (Å²) in [7, 11) is 1.75. The number of aromatic nitrogens is 1. The van der Waals surface area contributed by atoms with Crippen LogP contribution in [0.1, 0.15) is 28.6 Å². The van der Waals surface area contributed by atoms with Gasteiger partial charge in [0.15, 0.2) is 0 Å². The van der Waals surface area contributed by atoms with E-state index < -0.39 is 0 Å². The lowest BCUT2D eigenvalue weighted by Crippen LogP contribution is -2.38. The van der Waals surface area contributed by atoms with Crippen molar-refractivity contribution < 1.29 is 9.18 Å². The summed E-state index contributed by atoms with van der Waals surface area (Å²) in [5.74, 6) is -0.0138. The fourth-order valence-electron chi connectivity index (χ4n) is 2.52. The third-order valence-corrected chi connectivity index (χ3v) is 4.61. The Kier molecular flexibility index (Phi) is 4.11. The molecule has 6 heteroatoms. The highest BCUT2D eigenvalue weighted by Crippen LogP contribution is 2.40. The molecule has 0 bridgehead atoms. The Morgan fingerprint density at radius 3 is 3.05 bits per heavy atom. The molecule has 0 aliphatic heterocycles. The SMILES string of the molecule is Cc1nc(CN(C)C(=O)N[C@@H]2C[C@@H]2c2cccc(F)c2)cs1. The van der Waals surface area contributed by atoms with Crippen LogP contribution >= 0.6 is 11.3 Å². The van der Waals surface area contributed by atoms with Crippen LogP contribution in [0.5, 0.6) is 0 Å². The van der Waals surface area contributed by atoms with Crippen LogP contribution in [0.3, 0.4) is 0 Å². The van der Waals surface area contributed by atoms with E-state index in [0.717, 1.165) is 22.7 Å². The minimum Gasteiger partial charge on any atom is -0.335 e. The molecule has 1 aromatic carbocycles. The number of halogens is 1. The molecule has 4 nitrogen and oxygen atoms in total. The maximum absolute atomic E-state index is 13.2. The predicted octanol–water partition coefficient (Wildman–Crippen LogP) is 3.29. The smallest absolute Gasteiger partial charge is 0.317 e. The van der Waals surface area contributed by atoms with Gasteiger partial charge in [-0.05, 0) is 31.0 Å². The number of thiazole rings is 1. The summed E-state index contributed by atoms with van der Waals surface area (Å²) in [6, 6.07) is 6.56. The summed E-state index contributed by atoms with van der Waals surface area (Å²) in [5, 5.41) is 5.95. The maximum atomic E-state index is 13.2. The van der Waals surface area contributed by atoms with E-state index >= 15 is 0 Å². The number of nitrogens with one attached hydrogen (secondary N) is 1. The van der Waals surface area contributed by atoms with Crippen LogP contribution in [0, 0.1) is 12.7 Å². The Morgan fingerprint density at radius 2 is 2.36 bits per heavy atom. The van der Waals surface area contributed by atoms with E-state index in [4.69, 9.17) is 0 Å². The summed E-state index contributed by atoms with van der Waals surface area (Å²) in [6.45, 7) is 2.44. The van der Waals surface area contributed by atoms with Crippen LogP contribution in [-0.2, 0) is 6.54 Å². The molecule has 1 aromatic heterocycles. The van der Waals surface area contributed by atoms with Crippen molar-refractivity contribution in [1.29, 1.82) is 0 Å². The first-order valence-electron chi connectivity index (χ1n) is 7.21. The fraction of sp³-hybridized carbons (Fsp3) is 0.375.